The van der Waals surface area contributed by atoms with Gasteiger partial charge in [0.2, 0.25) is 0 Å². The minimum atomic E-state index is -0.842. The molecule has 0 fully saturated rings. The van der Waals surface area contributed by atoms with Crippen LogP contribution in [0.3, 0.4) is 0 Å². The maximum Gasteiger partial charge on any atom is 0.411 e. The first kappa shape index (κ1) is 14.3. The van der Waals surface area contributed by atoms with Gasteiger partial charge < -0.3 is 9.47 Å². The van der Waals surface area contributed by atoms with Gasteiger partial charge in [0, 0.05) is 6.20 Å². The number of carbonyl (C=O) groups is 2. The van der Waals surface area contributed by atoms with Crippen molar-refractivity contribution >= 4 is 12.1 Å². The lowest BCUT2D eigenvalue weighted by Gasteiger charge is -2.27. The van der Waals surface area contributed by atoms with Crippen molar-refractivity contribution in [1.29, 1.82) is 0 Å². The van der Waals surface area contributed by atoms with Gasteiger partial charge in [-0.05, 0) is 32.4 Å². The molecule has 0 aromatic carbocycles. The minimum absolute atomic E-state index is 0.290. The molecular weight excluding hydrogens is 260 g/mol. The molecule has 0 spiro atoms. The number of aromatic nitrogens is 1. The van der Waals surface area contributed by atoms with E-state index in [0.717, 1.165) is 5.56 Å². The van der Waals surface area contributed by atoms with Crippen molar-refractivity contribution in [3.8, 4) is 0 Å². The topological polar surface area (TPSA) is 68.7 Å². The Morgan fingerprint density at radius 1 is 1.40 bits per heavy atom. The molecule has 1 aliphatic rings. The highest BCUT2D eigenvalue weighted by molar-refractivity contribution is 5.84. The predicted octanol–water partition coefficient (Wildman–Crippen LogP) is 2.05. The summed E-state index contributed by atoms with van der Waals surface area (Å²) in [5, 5.41) is 0. The molecule has 0 saturated heterocycles. The average Bonchev–Trinajstić information content (AvgIpc) is 2.75. The van der Waals surface area contributed by atoms with Crippen LogP contribution >= 0.6 is 0 Å². The summed E-state index contributed by atoms with van der Waals surface area (Å²) < 4.78 is 10.1. The molecule has 1 unspecified atom stereocenters. The monoisotopic (exact) mass is 278 g/mol. The second kappa shape index (κ2) is 5.11. The Morgan fingerprint density at radius 3 is 2.70 bits per heavy atom. The maximum atomic E-state index is 12.2. The third-order valence-electron chi connectivity index (χ3n) is 2.89. The van der Waals surface area contributed by atoms with E-state index in [4.69, 9.17) is 9.47 Å². The molecule has 0 bridgehead atoms. The van der Waals surface area contributed by atoms with E-state index in [1.807, 2.05) is 6.07 Å². The molecule has 1 aliphatic heterocycles. The van der Waals surface area contributed by atoms with Crippen molar-refractivity contribution < 1.29 is 19.1 Å². The molecule has 0 N–H and O–H groups in total. The summed E-state index contributed by atoms with van der Waals surface area (Å²) in [4.78, 5) is 29.7. The quantitative estimate of drug-likeness (QED) is 0.735. The number of fused-ring (bicyclic) bond motifs is 1. The lowest BCUT2D eigenvalue weighted by atomic mass is 10.1. The first-order valence-corrected chi connectivity index (χ1v) is 6.34. The maximum absolute atomic E-state index is 12.2. The molecule has 2 rings (SSSR count). The van der Waals surface area contributed by atoms with Crippen LogP contribution in [0.25, 0.3) is 0 Å². The summed E-state index contributed by atoms with van der Waals surface area (Å²) in [5.74, 6) is -0.520. The fourth-order valence-electron chi connectivity index (χ4n) is 2.09. The van der Waals surface area contributed by atoms with E-state index in [0.29, 0.717) is 5.69 Å². The zero-order valence-corrected chi connectivity index (χ0v) is 12.0. The van der Waals surface area contributed by atoms with Gasteiger partial charge in [0.15, 0.2) is 6.04 Å². The second-order valence-electron chi connectivity index (χ2n) is 5.58. The second-order valence-corrected chi connectivity index (χ2v) is 5.58. The molecule has 2 heterocycles. The molecule has 108 valence electrons. The van der Waals surface area contributed by atoms with E-state index >= 15 is 0 Å². The van der Waals surface area contributed by atoms with Crippen LogP contribution in [0.5, 0.6) is 0 Å². The van der Waals surface area contributed by atoms with Crippen molar-refractivity contribution in [2.45, 2.75) is 39.0 Å². The van der Waals surface area contributed by atoms with Crippen molar-refractivity contribution in [2.24, 2.45) is 0 Å². The van der Waals surface area contributed by atoms with E-state index < -0.39 is 23.7 Å². The Bertz CT molecular complexity index is 536. The van der Waals surface area contributed by atoms with E-state index in [9.17, 15) is 9.59 Å². The number of nitrogens with zero attached hydrogens (tertiary/aromatic N) is 2. The number of carbonyl (C=O) groups excluding carboxylic acids is 2. The van der Waals surface area contributed by atoms with Gasteiger partial charge in [0.1, 0.15) is 5.60 Å². The number of esters is 1. The molecule has 0 radical (unpaired) electrons. The van der Waals surface area contributed by atoms with Gasteiger partial charge >= 0.3 is 12.1 Å². The third-order valence-corrected chi connectivity index (χ3v) is 2.89. The highest BCUT2D eigenvalue weighted by Crippen LogP contribution is 2.33. The number of amides is 1. The smallest absolute Gasteiger partial charge is 0.411 e. The molecule has 1 atom stereocenters. The summed E-state index contributed by atoms with van der Waals surface area (Å²) in [5.41, 5.74) is 0.749. The van der Waals surface area contributed by atoms with E-state index in [2.05, 4.69) is 4.98 Å². The molecule has 0 aliphatic carbocycles. The first-order chi connectivity index (χ1) is 9.33. The van der Waals surface area contributed by atoms with Gasteiger partial charge in [-0.25, -0.2) is 9.59 Å². The Labute approximate surface area is 117 Å². The number of methoxy groups -OCH3 is 1. The standard InChI is InChI=1S/C14H18N2O4/c1-14(2,3)20-13(18)16-8-9-6-5-7-15-10(9)11(16)12(17)19-4/h5-7,11H,8H2,1-4H3. The summed E-state index contributed by atoms with van der Waals surface area (Å²) in [6.45, 7) is 5.62. The van der Waals surface area contributed by atoms with Gasteiger partial charge in [0.25, 0.3) is 0 Å². The van der Waals surface area contributed by atoms with Crippen molar-refractivity contribution in [1.82, 2.24) is 9.88 Å². The van der Waals surface area contributed by atoms with Gasteiger partial charge in [-0.2, -0.15) is 0 Å². The van der Waals surface area contributed by atoms with E-state index in [1.165, 1.54) is 12.0 Å². The normalized spacial score (nSPS) is 17.6. The number of hydrogen-bond acceptors (Lipinski definition) is 5. The predicted molar refractivity (Wildman–Crippen MR) is 70.8 cm³/mol. The van der Waals surface area contributed by atoms with Gasteiger partial charge in [-0.15, -0.1) is 0 Å². The molecule has 6 nitrogen and oxygen atoms in total. The van der Waals surface area contributed by atoms with Crippen LogP contribution in [-0.2, 0) is 20.8 Å². The Kier molecular flexibility index (Phi) is 3.65. The summed E-state index contributed by atoms with van der Waals surface area (Å²) in [6, 6.07) is 2.76. The van der Waals surface area contributed by atoms with Crippen molar-refractivity contribution in [2.75, 3.05) is 7.11 Å². The Morgan fingerprint density at radius 2 is 2.10 bits per heavy atom. The molecule has 20 heavy (non-hydrogen) atoms. The summed E-state index contributed by atoms with van der Waals surface area (Å²) in [7, 11) is 1.29. The van der Waals surface area contributed by atoms with Crippen LogP contribution in [-0.4, -0.2) is 34.7 Å². The van der Waals surface area contributed by atoms with Gasteiger partial charge in [-0.3, -0.25) is 9.88 Å². The Hall–Kier alpha value is -2.11. The molecule has 0 saturated carbocycles. The van der Waals surface area contributed by atoms with Gasteiger partial charge in [0.05, 0.1) is 19.3 Å². The molecule has 1 aromatic heterocycles. The molecule has 1 aromatic rings. The van der Waals surface area contributed by atoms with Crippen LogP contribution in [0, 0.1) is 0 Å². The van der Waals surface area contributed by atoms with Crippen LogP contribution in [0.15, 0.2) is 18.3 Å². The summed E-state index contributed by atoms with van der Waals surface area (Å²) in [6.07, 6.45) is 1.04. The first-order valence-electron chi connectivity index (χ1n) is 6.34. The van der Waals surface area contributed by atoms with Gasteiger partial charge in [-0.1, -0.05) is 6.07 Å². The number of hydrogen-bond donors (Lipinski definition) is 0. The van der Waals surface area contributed by atoms with Crippen molar-refractivity contribution in [3.63, 3.8) is 0 Å². The highest BCUT2D eigenvalue weighted by Gasteiger charge is 2.42. The fraction of sp³-hybridized carbons (Fsp3) is 0.500. The van der Waals surface area contributed by atoms with Crippen LogP contribution in [0.2, 0.25) is 0 Å². The zero-order chi connectivity index (χ0) is 14.9. The number of rotatable bonds is 1. The van der Waals surface area contributed by atoms with Crippen LogP contribution in [0.4, 0.5) is 4.79 Å². The zero-order valence-electron chi connectivity index (χ0n) is 12.0. The SMILES string of the molecule is COC(=O)C1c2ncccc2CN1C(=O)OC(C)(C)C. The fourth-order valence-corrected chi connectivity index (χ4v) is 2.09. The number of pyridine rings is 1. The van der Waals surface area contributed by atoms with E-state index in [-0.39, 0.29) is 6.54 Å². The molecular formula is C14H18N2O4. The molecule has 1 amide bonds. The lowest BCUT2D eigenvalue weighted by Crippen LogP contribution is -2.38. The molecule has 6 heteroatoms. The van der Waals surface area contributed by atoms with Crippen molar-refractivity contribution in [3.05, 3.63) is 29.6 Å². The average molecular weight is 278 g/mol. The van der Waals surface area contributed by atoms with Crippen LogP contribution in [0.1, 0.15) is 38.1 Å². The third kappa shape index (κ3) is 2.74. The van der Waals surface area contributed by atoms with Crippen LogP contribution < -0.4 is 0 Å². The lowest BCUT2D eigenvalue weighted by molar-refractivity contribution is -0.146. The Balaban J connectivity index is 2.31. The number of ether oxygens (including phenoxy) is 2. The minimum Gasteiger partial charge on any atom is -0.467 e. The largest absolute Gasteiger partial charge is 0.467 e. The highest BCUT2D eigenvalue weighted by atomic mass is 16.6. The summed E-state index contributed by atoms with van der Waals surface area (Å²) >= 11 is 0. The van der Waals surface area contributed by atoms with E-state index in [1.54, 1.807) is 33.0 Å².